The van der Waals surface area contributed by atoms with Gasteiger partial charge in [0.1, 0.15) is 12.2 Å². The Morgan fingerprint density at radius 1 is 0.838 bits per heavy atom. The molecule has 0 aliphatic heterocycles. The Kier molecular flexibility index (Phi) is 7.47. The van der Waals surface area contributed by atoms with Gasteiger partial charge in [-0.1, -0.05) is 60.7 Å². The Labute approximate surface area is 215 Å². The topological polar surface area (TPSA) is 114 Å². The zero-order valence-corrected chi connectivity index (χ0v) is 21.0. The number of carbonyl (C=O) groups excluding carboxylic acids is 2. The second-order valence-electron chi connectivity index (χ2n) is 9.83. The van der Waals surface area contributed by atoms with Gasteiger partial charge in [-0.3, -0.25) is 0 Å². The zero-order valence-electron chi connectivity index (χ0n) is 21.0. The van der Waals surface area contributed by atoms with Crippen LogP contribution in [0, 0.1) is 0 Å². The number of carboxylic acids is 1. The van der Waals surface area contributed by atoms with Crippen molar-refractivity contribution in [2.24, 2.45) is 0 Å². The molecule has 3 N–H and O–H groups in total. The summed E-state index contributed by atoms with van der Waals surface area (Å²) < 4.78 is 10.8. The molecule has 4 rings (SSSR count). The van der Waals surface area contributed by atoms with Crippen LogP contribution in [0.4, 0.5) is 9.59 Å². The highest BCUT2D eigenvalue weighted by molar-refractivity contribution is 5.89. The van der Waals surface area contributed by atoms with Gasteiger partial charge >= 0.3 is 18.2 Å². The van der Waals surface area contributed by atoms with E-state index in [1.165, 1.54) is 6.07 Å². The molecule has 0 radical (unpaired) electrons. The molecule has 0 spiro atoms. The second kappa shape index (κ2) is 10.7. The van der Waals surface area contributed by atoms with Gasteiger partial charge < -0.3 is 25.2 Å². The maximum Gasteiger partial charge on any atom is 0.407 e. The fourth-order valence-corrected chi connectivity index (χ4v) is 4.42. The summed E-state index contributed by atoms with van der Waals surface area (Å²) in [6.45, 7) is 5.52. The van der Waals surface area contributed by atoms with Gasteiger partial charge in [-0.2, -0.15) is 0 Å². The van der Waals surface area contributed by atoms with Crippen LogP contribution >= 0.6 is 0 Å². The second-order valence-corrected chi connectivity index (χ2v) is 9.83. The number of amides is 2. The molecule has 1 aliphatic carbocycles. The summed E-state index contributed by atoms with van der Waals surface area (Å²) in [7, 11) is 0. The van der Waals surface area contributed by atoms with Crippen LogP contribution in [-0.4, -0.2) is 35.5 Å². The van der Waals surface area contributed by atoms with Crippen molar-refractivity contribution in [1.82, 2.24) is 10.6 Å². The van der Waals surface area contributed by atoms with Gasteiger partial charge in [0.2, 0.25) is 0 Å². The van der Waals surface area contributed by atoms with Gasteiger partial charge in [0.15, 0.2) is 0 Å². The van der Waals surface area contributed by atoms with Gasteiger partial charge in [-0.05, 0) is 60.2 Å². The molecule has 0 aromatic heterocycles. The third-order valence-electron chi connectivity index (χ3n) is 6.00. The van der Waals surface area contributed by atoms with Crippen molar-refractivity contribution in [2.75, 3.05) is 6.61 Å². The fourth-order valence-electron chi connectivity index (χ4n) is 4.42. The largest absolute Gasteiger partial charge is 0.478 e. The molecule has 1 aliphatic rings. The Hall–Kier alpha value is -4.33. The molecule has 192 valence electrons. The lowest BCUT2D eigenvalue weighted by Crippen LogP contribution is -2.32. The Balaban J connectivity index is 1.36. The summed E-state index contributed by atoms with van der Waals surface area (Å²) >= 11 is 0. The third kappa shape index (κ3) is 6.27. The number of hydrogen-bond acceptors (Lipinski definition) is 5. The highest BCUT2D eigenvalue weighted by Gasteiger charge is 2.29. The minimum atomic E-state index is -1.11. The van der Waals surface area contributed by atoms with E-state index in [2.05, 4.69) is 34.9 Å². The number of aromatic carboxylic acids is 1. The van der Waals surface area contributed by atoms with Crippen LogP contribution < -0.4 is 10.6 Å². The number of ether oxygens (including phenoxy) is 2. The van der Waals surface area contributed by atoms with E-state index in [0.29, 0.717) is 11.1 Å². The number of benzene rings is 3. The lowest BCUT2D eigenvalue weighted by atomic mass is 9.98. The highest BCUT2D eigenvalue weighted by Crippen LogP contribution is 2.44. The Bertz CT molecular complexity index is 1280. The van der Waals surface area contributed by atoms with Crippen LogP contribution in [-0.2, 0) is 22.6 Å². The lowest BCUT2D eigenvalue weighted by Gasteiger charge is -2.20. The van der Waals surface area contributed by atoms with Crippen molar-refractivity contribution in [3.05, 3.63) is 94.5 Å². The Morgan fingerprint density at radius 2 is 1.43 bits per heavy atom. The predicted molar refractivity (Wildman–Crippen MR) is 138 cm³/mol. The van der Waals surface area contributed by atoms with Crippen LogP contribution in [0.5, 0.6) is 0 Å². The molecule has 8 heteroatoms. The number of hydrogen-bond donors (Lipinski definition) is 3. The van der Waals surface area contributed by atoms with Crippen molar-refractivity contribution in [1.29, 1.82) is 0 Å². The van der Waals surface area contributed by atoms with Crippen LogP contribution in [0.1, 0.15) is 59.3 Å². The zero-order chi connectivity index (χ0) is 26.6. The first-order valence-electron chi connectivity index (χ1n) is 12.0. The van der Waals surface area contributed by atoms with E-state index in [1.54, 1.807) is 32.9 Å². The Morgan fingerprint density at radius 3 is 2.03 bits per heavy atom. The first-order valence-corrected chi connectivity index (χ1v) is 12.0. The van der Waals surface area contributed by atoms with Gasteiger partial charge in [0, 0.05) is 19.0 Å². The van der Waals surface area contributed by atoms with Gasteiger partial charge in [-0.15, -0.1) is 0 Å². The van der Waals surface area contributed by atoms with Gasteiger partial charge in [0.05, 0.1) is 5.56 Å². The maximum absolute atomic E-state index is 12.5. The average molecular weight is 503 g/mol. The normalized spacial score (nSPS) is 12.3. The number of fused-ring (bicyclic) bond motifs is 3. The van der Waals surface area contributed by atoms with Crippen LogP contribution in [0.15, 0.2) is 66.7 Å². The van der Waals surface area contributed by atoms with E-state index >= 15 is 0 Å². The summed E-state index contributed by atoms with van der Waals surface area (Å²) in [6, 6.07) is 20.9. The van der Waals surface area contributed by atoms with E-state index in [0.717, 1.165) is 22.3 Å². The smallest absolute Gasteiger partial charge is 0.407 e. The van der Waals surface area contributed by atoms with Crippen LogP contribution in [0.25, 0.3) is 11.1 Å². The maximum atomic E-state index is 12.5. The standard InChI is InChI=1S/C29H30N2O6/c1-29(2,3)37-28(35)31-16-19-14-18(12-13-20(19)26(32)33)15-30-27(34)36-17-25-23-10-6-4-8-21(23)22-9-5-7-11-24(22)25/h4-14,25H,15-17H2,1-3H3,(H,30,34)(H,31,35)(H,32,33). The van der Waals surface area contributed by atoms with E-state index < -0.39 is 23.8 Å². The van der Waals surface area contributed by atoms with Crippen molar-refractivity contribution in [3.8, 4) is 11.1 Å². The SMILES string of the molecule is CC(C)(C)OC(=O)NCc1cc(CNC(=O)OCC2c3ccccc3-c3ccccc32)ccc1C(=O)O. The van der Waals surface area contributed by atoms with E-state index in [1.807, 2.05) is 24.3 Å². The van der Waals surface area contributed by atoms with Gasteiger partial charge in [-0.25, -0.2) is 14.4 Å². The third-order valence-corrected chi connectivity index (χ3v) is 6.00. The number of alkyl carbamates (subject to hydrolysis) is 2. The first kappa shape index (κ1) is 25.8. The van der Waals surface area contributed by atoms with Crippen molar-refractivity contribution < 1.29 is 29.0 Å². The molecular formula is C29H30N2O6. The summed E-state index contributed by atoms with van der Waals surface area (Å²) in [5.41, 5.74) is 5.00. The quantitative estimate of drug-likeness (QED) is 0.396. The summed E-state index contributed by atoms with van der Waals surface area (Å²) in [6.07, 6.45) is -1.22. The minimum Gasteiger partial charge on any atom is -0.478 e. The van der Waals surface area contributed by atoms with Gasteiger partial charge in [0.25, 0.3) is 0 Å². The lowest BCUT2D eigenvalue weighted by molar-refractivity contribution is 0.0520. The molecule has 0 unspecified atom stereocenters. The first-order chi connectivity index (χ1) is 17.6. The molecule has 0 saturated carbocycles. The molecule has 3 aromatic rings. The predicted octanol–water partition coefficient (Wildman–Crippen LogP) is 5.45. The molecule has 0 saturated heterocycles. The van der Waals surface area contributed by atoms with Crippen molar-refractivity contribution >= 4 is 18.2 Å². The number of carbonyl (C=O) groups is 3. The number of nitrogens with one attached hydrogen (secondary N) is 2. The average Bonchev–Trinajstić information content (AvgIpc) is 3.17. The van der Waals surface area contributed by atoms with E-state index in [9.17, 15) is 19.5 Å². The fraction of sp³-hybridized carbons (Fsp3) is 0.276. The summed E-state index contributed by atoms with van der Waals surface area (Å²) in [4.78, 5) is 36.1. The minimum absolute atomic E-state index is 0.0324. The number of rotatable bonds is 7. The monoisotopic (exact) mass is 502 g/mol. The summed E-state index contributed by atoms with van der Waals surface area (Å²) in [5, 5.41) is 14.8. The molecule has 3 aromatic carbocycles. The number of carboxylic acid groups (broad SMARTS) is 1. The molecule has 0 atom stereocenters. The van der Waals surface area contributed by atoms with Crippen molar-refractivity contribution in [2.45, 2.75) is 45.4 Å². The molecule has 2 amide bonds. The molecule has 37 heavy (non-hydrogen) atoms. The van der Waals surface area contributed by atoms with E-state index in [4.69, 9.17) is 9.47 Å². The van der Waals surface area contributed by atoms with Crippen LogP contribution in [0.2, 0.25) is 0 Å². The molecule has 8 nitrogen and oxygen atoms in total. The molecule has 0 bridgehead atoms. The highest BCUT2D eigenvalue weighted by atomic mass is 16.6. The molecular weight excluding hydrogens is 472 g/mol. The summed E-state index contributed by atoms with van der Waals surface area (Å²) in [5.74, 6) is -1.16. The van der Waals surface area contributed by atoms with E-state index in [-0.39, 0.29) is 31.2 Å². The van der Waals surface area contributed by atoms with Crippen molar-refractivity contribution in [3.63, 3.8) is 0 Å². The van der Waals surface area contributed by atoms with Crippen LogP contribution in [0.3, 0.4) is 0 Å². The molecule has 0 fully saturated rings. The molecule has 0 heterocycles.